The monoisotopic (exact) mass is 407 g/mol. The number of aromatic amines is 1. The Balaban J connectivity index is 1.66. The van der Waals surface area contributed by atoms with Gasteiger partial charge in [0.05, 0.1) is 35.4 Å². The summed E-state index contributed by atoms with van der Waals surface area (Å²) < 4.78 is 19.7. The second-order valence-electron chi connectivity index (χ2n) is 6.21. The van der Waals surface area contributed by atoms with E-state index in [2.05, 4.69) is 10.3 Å². The van der Waals surface area contributed by atoms with Crippen LogP contribution in [0.1, 0.15) is 17.3 Å². The van der Waals surface area contributed by atoms with Gasteiger partial charge in [-0.1, -0.05) is 11.6 Å². The zero-order valence-corrected chi connectivity index (χ0v) is 15.8. The number of hydrogen-bond acceptors (Lipinski definition) is 4. The number of nitrogens with zero attached hydrogens (tertiary/aromatic N) is 1. The van der Waals surface area contributed by atoms with Gasteiger partial charge in [-0.15, -0.1) is 11.3 Å². The highest BCUT2D eigenvalue weighted by molar-refractivity contribution is 7.17. The molecule has 2 aromatic heterocycles. The maximum Gasteiger partial charge on any atom is 0.322 e. The number of benzene rings is 1. The number of hydrogen-bond donors (Lipinski definition) is 2. The van der Waals surface area contributed by atoms with E-state index in [4.69, 9.17) is 16.3 Å². The lowest BCUT2D eigenvalue weighted by molar-refractivity contribution is 0.0528. The number of amides is 2. The quantitative estimate of drug-likeness (QED) is 0.671. The number of H-pyrrole nitrogens is 1. The van der Waals surface area contributed by atoms with Crippen molar-refractivity contribution < 1.29 is 13.9 Å². The molecule has 27 heavy (non-hydrogen) atoms. The van der Waals surface area contributed by atoms with Gasteiger partial charge >= 0.3 is 6.03 Å². The Kier molecular flexibility index (Phi) is 4.63. The molecule has 9 heteroatoms. The fourth-order valence-electron chi connectivity index (χ4n) is 3.16. The minimum atomic E-state index is -0.554. The third-order valence-corrected chi connectivity index (χ3v) is 5.80. The Labute approximate surface area is 162 Å². The first-order chi connectivity index (χ1) is 13.0. The van der Waals surface area contributed by atoms with Crippen LogP contribution in [0.4, 0.5) is 14.9 Å². The van der Waals surface area contributed by atoms with Crippen LogP contribution in [-0.4, -0.2) is 29.6 Å². The van der Waals surface area contributed by atoms with Gasteiger partial charge in [0.25, 0.3) is 5.56 Å². The minimum Gasteiger partial charge on any atom is -0.373 e. The zero-order valence-electron chi connectivity index (χ0n) is 14.2. The lowest BCUT2D eigenvalue weighted by atomic mass is 10.0. The Hall–Kier alpha value is -2.42. The Morgan fingerprint density at radius 2 is 2.26 bits per heavy atom. The summed E-state index contributed by atoms with van der Waals surface area (Å²) in [5.74, 6) is -0.554. The summed E-state index contributed by atoms with van der Waals surface area (Å²) in [4.78, 5) is 29.3. The van der Waals surface area contributed by atoms with Crippen molar-refractivity contribution in [3.63, 3.8) is 0 Å². The van der Waals surface area contributed by atoms with E-state index in [-0.39, 0.29) is 23.2 Å². The molecule has 0 aliphatic carbocycles. The van der Waals surface area contributed by atoms with Crippen LogP contribution < -0.4 is 10.9 Å². The van der Waals surface area contributed by atoms with E-state index in [1.807, 2.05) is 5.38 Å². The molecule has 3 aromatic rings. The number of ether oxygens (including phenoxy) is 1. The van der Waals surface area contributed by atoms with Crippen LogP contribution in [0.3, 0.4) is 0 Å². The van der Waals surface area contributed by atoms with Gasteiger partial charge in [-0.05, 0) is 29.6 Å². The van der Waals surface area contributed by atoms with E-state index in [0.717, 1.165) is 10.3 Å². The number of thiophene rings is 1. The standard InChI is InChI=1S/C18H15ClFN3O3S/c1-23(18(25)21-9-2-3-12(20)11(19)6-9)14-8-26-7-13-15(14)16-10(4-5-27-16)17(24)22-13/h2-6,14H,7-8H2,1H3,(H,21,25)(H,22,24)/t14-/m0/s1. The highest BCUT2D eigenvalue weighted by Crippen LogP contribution is 2.35. The molecule has 2 N–H and O–H groups in total. The predicted molar refractivity (Wildman–Crippen MR) is 103 cm³/mol. The first-order valence-corrected chi connectivity index (χ1v) is 9.40. The van der Waals surface area contributed by atoms with E-state index in [9.17, 15) is 14.0 Å². The third kappa shape index (κ3) is 3.20. The zero-order chi connectivity index (χ0) is 19.1. The minimum absolute atomic E-state index is 0.0698. The number of rotatable bonds is 2. The van der Waals surface area contributed by atoms with Gasteiger partial charge in [0.15, 0.2) is 0 Å². The molecular formula is C18H15ClFN3O3S. The molecule has 0 saturated heterocycles. The number of fused-ring (bicyclic) bond motifs is 3. The lowest BCUT2D eigenvalue weighted by Crippen LogP contribution is -2.39. The lowest BCUT2D eigenvalue weighted by Gasteiger charge is -2.33. The van der Waals surface area contributed by atoms with Crippen LogP contribution in [0.25, 0.3) is 10.1 Å². The summed E-state index contributed by atoms with van der Waals surface area (Å²) in [6.45, 7) is 0.595. The number of urea groups is 1. The molecule has 1 aliphatic rings. The van der Waals surface area contributed by atoms with Gasteiger partial charge in [-0.3, -0.25) is 4.79 Å². The Morgan fingerprint density at radius 3 is 3.04 bits per heavy atom. The molecular weight excluding hydrogens is 393 g/mol. The summed E-state index contributed by atoms with van der Waals surface area (Å²) in [5.41, 5.74) is 1.79. The van der Waals surface area contributed by atoms with Crippen LogP contribution in [-0.2, 0) is 11.3 Å². The molecule has 0 bridgehead atoms. The van der Waals surface area contributed by atoms with E-state index < -0.39 is 11.8 Å². The number of nitrogens with one attached hydrogen (secondary N) is 2. The molecule has 0 fully saturated rings. The fraction of sp³-hybridized carbons (Fsp3) is 0.222. The van der Waals surface area contributed by atoms with Crippen LogP contribution in [0, 0.1) is 5.82 Å². The molecule has 0 unspecified atom stereocenters. The summed E-state index contributed by atoms with van der Waals surface area (Å²) in [6.07, 6.45) is 0. The second kappa shape index (κ2) is 6.95. The molecule has 1 aromatic carbocycles. The molecule has 2 amide bonds. The Morgan fingerprint density at radius 1 is 1.44 bits per heavy atom. The summed E-state index contributed by atoms with van der Waals surface area (Å²) in [7, 11) is 1.65. The van der Waals surface area contributed by atoms with Gasteiger partial charge in [-0.25, -0.2) is 9.18 Å². The Bertz CT molecular complexity index is 1100. The number of carbonyl (C=O) groups is 1. The molecule has 0 spiro atoms. The second-order valence-corrected chi connectivity index (χ2v) is 7.53. The maximum absolute atomic E-state index is 13.3. The smallest absolute Gasteiger partial charge is 0.322 e. The first-order valence-electron chi connectivity index (χ1n) is 8.14. The molecule has 4 rings (SSSR count). The topological polar surface area (TPSA) is 74.4 Å². The van der Waals surface area contributed by atoms with Crippen molar-refractivity contribution in [3.8, 4) is 0 Å². The molecule has 0 radical (unpaired) electrons. The number of halogens is 2. The van der Waals surface area contributed by atoms with Gasteiger partial charge in [0.1, 0.15) is 5.82 Å². The van der Waals surface area contributed by atoms with E-state index in [1.54, 1.807) is 13.1 Å². The van der Waals surface area contributed by atoms with Crippen molar-refractivity contribution in [1.29, 1.82) is 0 Å². The largest absolute Gasteiger partial charge is 0.373 e. The van der Waals surface area contributed by atoms with Crippen LogP contribution in [0.5, 0.6) is 0 Å². The molecule has 0 saturated carbocycles. The number of likely N-dealkylation sites (N-methyl/N-ethyl adjacent to an activating group) is 1. The summed E-state index contributed by atoms with van der Waals surface area (Å²) >= 11 is 7.23. The van der Waals surface area contributed by atoms with Crippen LogP contribution in [0.2, 0.25) is 5.02 Å². The molecule has 6 nitrogen and oxygen atoms in total. The van der Waals surface area contributed by atoms with Gasteiger partial charge in [0.2, 0.25) is 0 Å². The highest BCUT2D eigenvalue weighted by atomic mass is 35.5. The molecule has 3 heterocycles. The van der Waals surface area contributed by atoms with Crippen LogP contribution in [0.15, 0.2) is 34.4 Å². The summed E-state index contributed by atoms with van der Waals surface area (Å²) in [6, 6.07) is 4.98. The average molecular weight is 408 g/mol. The number of anilines is 1. The third-order valence-electron chi connectivity index (χ3n) is 4.56. The SMILES string of the molecule is CN(C(=O)Nc1ccc(F)c(Cl)c1)[C@H]1COCc2[nH]c(=O)c3ccsc3c21. The summed E-state index contributed by atoms with van der Waals surface area (Å²) in [5, 5.41) is 5.09. The maximum atomic E-state index is 13.3. The van der Waals surface area contributed by atoms with Crippen LogP contribution >= 0.6 is 22.9 Å². The van der Waals surface area contributed by atoms with Crippen molar-refractivity contribution in [2.75, 3.05) is 19.0 Å². The van der Waals surface area contributed by atoms with Crippen molar-refractivity contribution in [3.05, 3.63) is 62.1 Å². The van der Waals surface area contributed by atoms with Gasteiger partial charge in [-0.2, -0.15) is 0 Å². The molecule has 1 aliphatic heterocycles. The molecule has 1 atom stereocenters. The van der Waals surface area contributed by atoms with E-state index in [0.29, 0.717) is 23.4 Å². The first kappa shape index (κ1) is 18.0. The normalized spacial score (nSPS) is 16.2. The van der Waals surface area contributed by atoms with Crippen molar-refractivity contribution in [2.45, 2.75) is 12.6 Å². The van der Waals surface area contributed by atoms with Crippen molar-refractivity contribution in [2.24, 2.45) is 0 Å². The predicted octanol–water partition coefficient (Wildman–Crippen LogP) is 4.12. The van der Waals surface area contributed by atoms with Gasteiger partial charge in [0, 0.05) is 23.0 Å². The van der Waals surface area contributed by atoms with Crippen molar-refractivity contribution >= 4 is 44.7 Å². The number of carbonyl (C=O) groups excluding carboxylic acids is 1. The molecule has 140 valence electrons. The number of aromatic nitrogens is 1. The number of pyridine rings is 1. The fourth-order valence-corrected chi connectivity index (χ4v) is 4.35. The average Bonchev–Trinajstić information content (AvgIpc) is 3.14. The van der Waals surface area contributed by atoms with Crippen molar-refractivity contribution in [1.82, 2.24) is 9.88 Å². The van der Waals surface area contributed by atoms with E-state index in [1.165, 1.54) is 34.4 Å². The highest BCUT2D eigenvalue weighted by Gasteiger charge is 2.31. The van der Waals surface area contributed by atoms with E-state index >= 15 is 0 Å². The van der Waals surface area contributed by atoms with Gasteiger partial charge < -0.3 is 19.9 Å².